The minimum atomic E-state index is -0.922. The molecule has 0 atom stereocenters. The molecule has 0 amide bonds. The summed E-state index contributed by atoms with van der Waals surface area (Å²) in [5, 5.41) is 1.62. The molecule has 1 rings (SSSR count). The second-order valence-electron chi connectivity index (χ2n) is 5.87. The molecular formula is C13H24Si3. The van der Waals surface area contributed by atoms with E-state index in [0.29, 0.717) is 0 Å². The van der Waals surface area contributed by atoms with Gasteiger partial charge in [-0.1, -0.05) is 79.6 Å². The monoisotopic (exact) mass is 264 g/mol. The van der Waals surface area contributed by atoms with Gasteiger partial charge in [-0.25, -0.2) is 0 Å². The van der Waals surface area contributed by atoms with Crippen LogP contribution in [-0.4, -0.2) is 25.7 Å². The van der Waals surface area contributed by atoms with Gasteiger partial charge in [-0.05, 0) is 0 Å². The van der Waals surface area contributed by atoms with Gasteiger partial charge in [-0.2, -0.15) is 0 Å². The van der Waals surface area contributed by atoms with E-state index in [1.165, 1.54) is 5.67 Å². The topological polar surface area (TPSA) is 0 Å². The van der Waals surface area contributed by atoms with Crippen LogP contribution >= 0.6 is 0 Å². The smallest absolute Gasteiger partial charge is 0.0715 e. The van der Waals surface area contributed by atoms with E-state index in [2.05, 4.69) is 63.1 Å². The van der Waals surface area contributed by atoms with Crippen molar-refractivity contribution in [1.29, 1.82) is 0 Å². The normalized spacial score (nSPS) is 12.4. The van der Waals surface area contributed by atoms with E-state index in [9.17, 15) is 0 Å². The number of benzene rings is 1. The summed E-state index contributed by atoms with van der Waals surface area (Å²) in [6.07, 6.45) is 0. The maximum atomic E-state index is 2.59. The van der Waals surface area contributed by atoms with Crippen LogP contribution in [0.25, 0.3) is 0 Å². The minimum absolute atomic E-state index is 0.0401. The SMILES string of the molecule is C[Si](C)C[Si](C)(C)C[Si](C)c1ccccc1. The van der Waals surface area contributed by atoms with Gasteiger partial charge >= 0.3 is 0 Å². The summed E-state index contributed by atoms with van der Waals surface area (Å²) >= 11 is 0. The molecule has 1 aromatic rings. The Balaban J connectivity index is 2.60. The highest BCUT2D eigenvalue weighted by Crippen LogP contribution is 2.18. The van der Waals surface area contributed by atoms with Crippen molar-refractivity contribution >= 4 is 30.9 Å². The van der Waals surface area contributed by atoms with Crippen LogP contribution in [0.4, 0.5) is 0 Å². The maximum absolute atomic E-state index is 2.59. The summed E-state index contributed by atoms with van der Waals surface area (Å²) in [5.74, 6) is 0. The van der Waals surface area contributed by atoms with E-state index in [0.717, 1.165) is 0 Å². The second-order valence-corrected chi connectivity index (χ2v) is 17.6. The molecule has 0 heterocycles. The van der Waals surface area contributed by atoms with Gasteiger partial charge in [0.2, 0.25) is 0 Å². The van der Waals surface area contributed by atoms with Crippen molar-refractivity contribution in [1.82, 2.24) is 0 Å². The Morgan fingerprint density at radius 3 is 2.00 bits per heavy atom. The molecule has 0 aliphatic heterocycles. The van der Waals surface area contributed by atoms with Crippen LogP contribution in [0.1, 0.15) is 0 Å². The number of hydrogen-bond acceptors (Lipinski definition) is 0. The Labute approximate surface area is 105 Å². The molecule has 0 nitrogen and oxygen atoms in total. The minimum Gasteiger partial charge on any atom is -0.0715 e. The molecule has 2 radical (unpaired) electrons. The van der Waals surface area contributed by atoms with E-state index in [1.807, 2.05) is 0 Å². The number of rotatable bonds is 5. The van der Waals surface area contributed by atoms with Crippen LogP contribution in [0.5, 0.6) is 0 Å². The van der Waals surface area contributed by atoms with E-state index in [4.69, 9.17) is 0 Å². The molecule has 16 heavy (non-hydrogen) atoms. The van der Waals surface area contributed by atoms with Crippen LogP contribution in [0.3, 0.4) is 0 Å². The van der Waals surface area contributed by atoms with Gasteiger partial charge in [0.05, 0.1) is 8.80 Å². The summed E-state index contributed by atoms with van der Waals surface area (Å²) < 4.78 is 0. The fraction of sp³-hybridized carbons (Fsp3) is 0.538. The van der Waals surface area contributed by atoms with Gasteiger partial charge in [0.25, 0.3) is 0 Å². The highest BCUT2D eigenvalue weighted by Gasteiger charge is 2.26. The third kappa shape index (κ3) is 4.80. The lowest BCUT2D eigenvalue weighted by Gasteiger charge is -2.27. The van der Waals surface area contributed by atoms with E-state index < -0.39 is 8.07 Å². The zero-order chi connectivity index (χ0) is 12.2. The molecule has 0 saturated carbocycles. The second kappa shape index (κ2) is 5.98. The van der Waals surface area contributed by atoms with Crippen LogP contribution < -0.4 is 5.19 Å². The van der Waals surface area contributed by atoms with Crippen LogP contribution in [0.2, 0.25) is 44.1 Å². The summed E-state index contributed by atoms with van der Waals surface area (Å²) in [6.45, 7) is 12.6. The molecule has 0 aliphatic rings. The van der Waals surface area contributed by atoms with Crippen molar-refractivity contribution in [3.8, 4) is 0 Å². The Kier molecular flexibility index (Phi) is 5.21. The van der Waals surface area contributed by atoms with E-state index in [1.54, 1.807) is 10.9 Å². The maximum Gasteiger partial charge on any atom is 0.0796 e. The Morgan fingerprint density at radius 2 is 1.50 bits per heavy atom. The standard InChI is InChI=1S/C13H24Si3/c1-14(2)11-16(4,5)12-15(3)13-9-7-6-8-10-13/h6-10H,11-12H2,1-5H3. The fourth-order valence-electron chi connectivity index (χ4n) is 2.56. The molecule has 0 unspecified atom stereocenters. The summed E-state index contributed by atoms with van der Waals surface area (Å²) in [7, 11) is -1.25. The van der Waals surface area contributed by atoms with E-state index >= 15 is 0 Å². The third-order valence-corrected chi connectivity index (χ3v) is 16.8. The molecule has 88 valence electrons. The highest BCUT2D eigenvalue weighted by atomic mass is 28.4. The molecule has 3 heteroatoms. The van der Waals surface area contributed by atoms with Crippen LogP contribution in [0.15, 0.2) is 30.3 Å². The lowest BCUT2D eigenvalue weighted by atomic mass is 10.4. The lowest BCUT2D eigenvalue weighted by molar-refractivity contribution is 1.52. The molecule has 1 aromatic carbocycles. The molecule has 0 spiro atoms. The van der Waals surface area contributed by atoms with Gasteiger partial charge in [0, 0.05) is 16.9 Å². The van der Waals surface area contributed by atoms with Crippen molar-refractivity contribution in [2.75, 3.05) is 0 Å². The first-order chi connectivity index (χ1) is 7.41. The first-order valence-corrected chi connectivity index (χ1v) is 14.4. The Bertz CT molecular complexity index is 306. The average molecular weight is 265 g/mol. The quantitative estimate of drug-likeness (QED) is 0.714. The first kappa shape index (κ1) is 13.9. The zero-order valence-electron chi connectivity index (χ0n) is 11.3. The Hall–Kier alpha value is -0.129. The molecule has 0 N–H and O–H groups in total. The van der Waals surface area contributed by atoms with Crippen molar-refractivity contribution in [2.24, 2.45) is 0 Å². The van der Waals surface area contributed by atoms with Gasteiger partial charge in [0.15, 0.2) is 0 Å². The molecule has 0 bridgehead atoms. The predicted octanol–water partition coefficient (Wildman–Crippen LogP) is 3.56. The van der Waals surface area contributed by atoms with Crippen molar-refractivity contribution in [3.05, 3.63) is 30.3 Å². The largest absolute Gasteiger partial charge is 0.0796 e. The van der Waals surface area contributed by atoms with Crippen molar-refractivity contribution < 1.29 is 0 Å². The highest BCUT2D eigenvalue weighted by molar-refractivity contribution is 6.97. The first-order valence-electron chi connectivity index (χ1n) is 6.07. The molecule has 0 saturated heterocycles. The number of hydrogen-bond donors (Lipinski definition) is 0. The zero-order valence-corrected chi connectivity index (χ0v) is 14.3. The van der Waals surface area contributed by atoms with Gasteiger partial charge in [-0.15, -0.1) is 0 Å². The molecule has 0 fully saturated rings. The van der Waals surface area contributed by atoms with Crippen LogP contribution in [-0.2, 0) is 0 Å². The predicted molar refractivity (Wildman–Crippen MR) is 82.3 cm³/mol. The van der Waals surface area contributed by atoms with Crippen molar-refractivity contribution in [3.63, 3.8) is 0 Å². The Morgan fingerprint density at radius 1 is 0.938 bits per heavy atom. The average Bonchev–Trinajstić information content (AvgIpc) is 2.16. The summed E-state index contributed by atoms with van der Waals surface area (Å²) in [6, 6.07) is 11.1. The fourth-order valence-corrected chi connectivity index (χ4v) is 19.2. The third-order valence-electron chi connectivity index (χ3n) is 2.84. The summed E-state index contributed by atoms with van der Waals surface area (Å²) in [4.78, 5) is 0. The van der Waals surface area contributed by atoms with E-state index in [-0.39, 0.29) is 17.6 Å². The van der Waals surface area contributed by atoms with Gasteiger partial charge in [0.1, 0.15) is 0 Å². The summed E-state index contributed by atoms with van der Waals surface area (Å²) in [5.41, 5.74) is 3.12. The van der Waals surface area contributed by atoms with Crippen molar-refractivity contribution in [2.45, 2.75) is 44.1 Å². The molecule has 0 aromatic heterocycles. The van der Waals surface area contributed by atoms with Gasteiger partial charge < -0.3 is 0 Å². The van der Waals surface area contributed by atoms with Crippen LogP contribution in [0, 0.1) is 0 Å². The lowest BCUT2D eigenvalue weighted by Crippen LogP contribution is -2.40. The molecule has 0 aliphatic carbocycles. The van der Waals surface area contributed by atoms with Gasteiger partial charge in [-0.3, -0.25) is 0 Å². The molecular weight excluding hydrogens is 240 g/mol.